The van der Waals surface area contributed by atoms with Crippen molar-refractivity contribution < 1.29 is 0 Å². The summed E-state index contributed by atoms with van der Waals surface area (Å²) in [6, 6.07) is 17.7. The van der Waals surface area contributed by atoms with Crippen LogP contribution in [0.3, 0.4) is 0 Å². The number of benzene rings is 2. The average molecular weight is 253 g/mol. The van der Waals surface area contributed by atoms with Gasteiger partial charge < -0.3 is 5.32 Å². The van der Waals surface area contributed by atoms with Gasteiger partial charge in [0.1, 0.15) is 0 Å². The van der Waals surface area contributed by atoms with Gasteiger partial charge in [0.15, 0.2) is 0 Å². The molecule has 1 heteroatoms. The van der Waals surface area contributed by atoms with E-state index in [4.69, 9.17) is 0 Å². The summed E-state index contributed by atoms with van der Waals surface area (Å²) in [6.07, 6.45) is 1.08. The summed E-state index contributed by atoms with van der Waals surface area (Å²) >= 11 is 0. The predicted molar refractivity (Wildman–Crippen MR) is 82.5 cm³/mol. The zero-order chi connectivity index (χ0) is 13.7. The van der Waals surface area contributed by atoms with Crippen LogP contribution in [0.15, 0.2) is 48.5 Å². The van der Waals surface area contributed by atoms with E-state index in [1.807, 2.05) is 0 Å². The minimum absolute atomic E-state index is 0.408. The van der Waals surface area contributed by atoms with Gasteiger partial charge in [-0.15, -0.1) is 0 Å². The Morgan fingerprint density at radius 1 is 1.00 bits per heavy atom. The van der Waals surface area contributed by atoms with E-state index in [1.54, 1.807) is 0 Å². The van der Waals surface area contributed by atoms with E-state index < -0.39 is 0 Å². The molecule has 0 spiro atoms. The number of hydrogen-bond donors (Lipinski definition) is 1. The smallest absolute Gasteiger partial charge is 0.0294 e. The predicted octanol–water partition coefficient (Wildman–Crippen LogP) is 4.20. The zero-order valence-electron chi connectivity index (χ0n) is 12.1. The highest BCUT2D eigenvalue weighted by Gasteiger charge is 2.06. The Hall–Kier alpha value is -1.60. The molecule has 0 saturated heterocycles. The van der Waals surface area contributed by atoms with Gasteiger partial charge in [-0.3, -0.25) is 0 Å². The third-order valence-corrected chi connectivity index (χ3v) is 3.60. The lowest BCUT2D eigenvalue weighted by Crippen LogP contribution is -2.22. The quantitative estimate of drug-likeness (QED) is 0.842. The molecule has 1 unspecified atom stereocenters. The molecule has 0 heterocycles. The molecule has 0 saturated carbocycles. The maximum atomic E-state index is 3.61. The van der Waals surface area contributed by atoms with Crippen LogP contribution in [0, 0.1) is 13.8 Å². The molecule has 100 valence electrons. The van der Waals surface area contributed by atoms with Crippen LogP contribution < -0.4 is 5.32 Å². The molecule has 1 atom stereocenters. The van der Waals surface area contributed by atoms with Crippen LogP contribution in [-0.2, 0) is 6.42 Å². The molecule has 0 bridgehead atoms. The summed E-state index contributed by atoms with van der Waals surface area (Å²) in [6.45, 7) is 7.57. The van der Waals surface area contributed by atoms with E-state index in [2.05, 4.69) is 74.6 Å². The molecular formula is C18H23N. The van der Waals surface area contributed by atoms with Crippen LogP contribution in [0.1, 0.15) is 35.2 Å². The van der Waals surface area contributed by atoms with Crippen LogP contribution in [0.25, 0.3) is 0 Å². The van der Waals surface area contributed by atoms with Gasteiger partial charge in [0, 0.05) is 6.04 Å². The Morgan fingerprint density at radius 3 is 2.53 bits per heavy atom. The molecule has 0 aromatic heterocycles. The van der Waals surface area contributed by atoms with Gasteiger partial charge in [0.05, 0.1) is 0 Å². The van der Waals surface area contributed by atoms with E-state index in [1.165, 1.54) is 22.3 Å². The Balaban J connectivity index is 1.88. The molecular weight excluding hydrogens is 230 g/mol. The first-order valence-electron chi connectivity index (χ1n) is 7.01. The largest absolute Gasteiger partial charge is 0.310 e. The molecule has 0 aliphatic carbocycles. The van der Waals surface area contributed by atoms with Crippen molar-refractivity contribution in [1.82, 2.24) is 5.32 Å². The fourth-order valence-corrected chi connectivity index (χ4v) is 2.48. The molecule has 1 nitrogen and oxygen atoms in total. The molecule has 0 aliphatic heterocycles. The number of nitrogens with one attached hydrogen (secondary N) is 1. The maximum Gasteiger partial charge on any atom is 0.0294 e. The molecule has 1 N–H and O–H groups in total. The first-order chi connectivity index (χ1) is 9.16. The summed E-state index contributed by atoms with van der Waals surface area (Å²) < 4.78 is 0. The van der Waals surface area contributed by atoms with E-state index >= 15 is 0 Å². The molecule has 0 aliphatic rings. The SMILES string of the molecule is Cc1cccc(CCNC(C)c2ccccc2C)c1. The summed E-state index contributed by atoms with van der Waals surface area (Å²) in [7, 11) is 0. The minimum atomic E-state index is 0.408. The molecule has 19 heavy (non-hydrogen) atoms. The van der Waals surface area contributed by atoms with Crippen molar-refractivity contribution in [3.63, 3.8) is 0 Å². The number of rotatable bonds is 5. The van der Waals surface area contributed by atoms with E-state index in [9.17, 15) is 0 Å². The van der Waals surface area contributed by atoms with Crippen LogP contribution in [-0.4, -0.2) is 6.54 Å². The molecule has 2 aromatic rings. The lowest BCUT2D eigenvalue weighted by Gasteiger charge is -2.16. The fraction of sp³-hybridized carbons (Fsp3) is 0.333. The highest BCUT2D eigenvalue weighted by atomic mass is 14.9. The topological polar surface area (TPSA) is 12.0 Å². The van der Waals surface area contributed by atoms with Gasteiger partial charge in [-0.2, -0.15) is 0 Å². The second-order valence-corrected chi connectivity index (χ2v) is 5.27. The molecule has 2 aromatic carbocycles. The Bertz CT molecular complexity index is 531. The van der Waals surface area contributed by atoms with Crippen molar-refractivity contribution in [3.8, 4) is 0 Å². The number of hydrogen-bond acceptors (Lipinski definition) is 1. The van der Waals surface area contributed by atoms with E-state index in [0.29, 0.717) is 6.04 Å². The number of aryl methyl sites for hydroxylation is 2. The Morgan fingerprint density at radius 2 is 1.79 bits per heavy atom. The van der Waals surface area contributed by atoms with Gasteiger partial charge >= 0.3 is 0 Å². The van der Waals surface area contributed by atoms with Crippen LogP contribution >= 0.6 is 0 Å². The summed E-state index contributed by atoms with van der Waals surface area (Å²) in [5, 5.41) is 3.61. The maximum absolute atomic E-state index is 3.61. The van der Waals surface area contributed by atoms with Crippen LogP contribution in [0.5, 0.6) is 0 Å². The third-order valence-electron chi connectivity index (χ3n) is 3.60. The molecule has 0 fully saturated rings. The average Bonchev–Trinajstić information content (AvgIpc) is 2.39. The lowest BCUT2D eigenvalue weighted by molar-refractivity contribution is 0.574. The minimum Gasteiger partial charge on any atom is -0.310 e. The summed E-state index contributed by atoms with van der Waals surface area (Å²) in [5.74, 6) is 0. The van der Waals surface area contributed by atoms with Crippen molar-refractivity contribution in [1.29, 1.82) is 0 Å². The first-order valence-corrected chi connectivity index (χ1v) is 7.01. The van der Waals surface area contributed by atoms with Gasteiger partial charge in [0.2, 0.25) is 0 Å². The van der Waals surface area contributed by atoms with Crippen molar-refractivity contribution in [2.24, 2.45) is 0 Å². The van der Waals surface area contributed by atoms with Gasteiger partial charge in [-0.1, -0.05) is 54.1 Å². The third kappa shape index (κ3) is 3.93. The highest BCUT2D eigenvalue weighted by molar-refractivity contribution is 5.28. The standard InChI is InChI=1S/C18H23N/c1-14-7-6-9-17(13-14)11-12-19-16(3)18-10-5-4-8-15(18)2/h4-10,13,16,19H,11-12H2,1-3H3. The molecule has 0 radical (unpaired) electrons. The normalized spacial score (nSPS) is 12.4. The van der Waals surface area contributed by atoms with Crippen molar-refractivity contribution in [2.75, 3.05) is 6.54 Å². The van der Waals surface area contributed by atoms with Crippen LogP contribution in [0.4, 0.5) is 0 Å². The summed E-state index contributed by atoms with van der Waals surface area (Å²) in [4.78, 5) is 0. The zero-order valence-corrected chi connectivity index (χ0v) is 12.1. The van der Waals surface area contributed by atoms with E-state index in [0.717, 1.165) is 13.0 Å². The molecule has 2 rings (SSSR count). The monoisotopic (exact) mass is 253 g/mol. The highest BCUT2D eigenvalue weighted by Crippen LogP contribution is 2.16. The lowest BCUT2D eigenvalue weighted by atomic mass is 10.0. The van der Waals surface area contributed by atoms with Crippen molar-refractivity contribution >= 4 is 0 Å². The fourth-order valence-electron chi connectivity index (χ4n) is 2.48. The second-order valence-electron chi connectivity index (χ2n) is 5.27. The Kier molecular flexibility index (Phi) is 4.75. The van der Waals surface area contributed by atoms with Gasteiger partial charge in [-0.05, 0) is 50.4 Å². The first kappa shape index (κ1) is 13.8. The van der Waals surface area contributed by atoms with Gasteiger partial charge in [-0.25, -0.2) is 0 Å². The van der Waals surface area contributed by atoms with Gasteiger partial charge in [0.25, 0.3) is 0 Å². The Labute approximate surface area is 116 Å². The van der Waals surface area contributed by atoms with Crippen molar-refractivity contribution in [3.05, 3.63) is 70.8 Å². The summed E-state index contributed by atoms with van der Waals surface area (Å²) in [5.41, 5.74) is 5.50. The van der Waals surface area contributed by atoms with E-state index in [-0.39, 0.29) is 0 Å². The van der Waals surface area contributed by atoms with Crippen molar-refractivity contribution in [2.45, 2.75) is 33.2 Å². The van der Waals surface area contributed by atoms with Crippen LogP contribution in [0.2, 0.25) is 0 Å². The molecule has 0 amide bonds. The second kappa shape index (κ2) is 6.53.